The van der Waals surface area contributed by atoms with Gasteiger partial charge in [0.15, 0.2) is 0 Å². The van der Waals surface area contributed by atoms with Gasteiger partial charge in [0.2, 0.25) is 0 Å². The molecular formula is C20H18N2O3. The molecule has 0 unspecified atom stereocenters. The van der Waals surface area contributed by atoms with Gasteiger partial charge < -0.3 is 5.32 Å². The van der Waals surface area contributed by atoms with Crippen LogP contribution >= 0.6 is 0 Å². The fourth-order valence-corrected chi connectivity index (χ4v) is 2.95. The lowest BCUT2D eigenvalue weighted by atomic mass is 9.99. The van der Waals surface area contributed by atoms with Gasteiger partial charge in [0.05, 0.1) is 11.0 Å². The van der Waals surface area contributed by atoms with Gasteiger partial charge in [0, 0.05) is 17.7 Å². The number of hydrogen-bond donors (Lipinski definition) is 1. The second kappa shape index (κ2) is 6.73. The van der Waals surface area contributed by atoms with Crippen LogP contribution in [0.3, 0.4) is 0 Å². The van der Waals surface area contributed by atoms with Crippen molar-refractivity contribution in [3.8, 4) is 0 Å². The largest absolute Gasteiger partial charge is 0.345 e. The Bertz CT molecular complexity index is 961. The Hall–Kier alpha value is -3.21. The van der Waals surface area contributed by atoms with Crippen LogP contribution < -0.4 is 5.32 Å². The van der Waals surface area contributed by atoms with E-state index in [0.29, 0.717) is 11.1 Å². The molecule has 0 radical (unpaired) electrons. The molecule has 0 aromatic heterocycles. The number of fused-ring (bicyclic) bond motifs is 1. The van der Waals surface area contributed by atoms with Gasteiger partial charge in [-0.05, 0) is 35.7 Å². The van der Waals surface area contributed by atoms with Crippen LogP contribution in [-0.2, 0) is 0 Å². The molecule has 0 spiro atoms. The minimum absolute atomic E-state index is 0.0893. The van der Waals surface area contributed by atoms with E-state index >= 15 is 0 Å². The number of non-ortho nitro benzene ring substituents is 1. The van der Waals surface area contributed by atoms with Gasteiger partial charge >= 0.3 is 0 Å². The quantitative estimate of drug-likeness (QED) is 0.562. The van der Waals surface area contributed by atoms with Gasteiger partial charge in [-0.2, -0.15) is 0 Å². The molecule has 0 fully saturated rings. The minimum atomic E-state index is -0.496. The molecule has 0 heterocycles. The summed E-state index contributed by atoms with van der Waals surface area (Å²) in [6.07, 6.45) is 0. The monoisotopic (exact) mass is 334 g/mol. The first-order valence-electron chi connectivity index (χ1n) is 8.01. The third-order valence-electron chi connectivity index (χ3n) is 4.31. The third kappa shape index (κ3) is 3.35. The van der Waals surface area contributed by atoms with Crippen LogP contribution in [0, 0.1) is 17.0 Å². The maximum atomic E-state index is 12.6. The van der Waals surface area contributed by atoms with Gasteiger partial charge in [-0.25, -0.2) is 0 Å². The number of hydrogen-bond acceptors (Lipinski definition) is 3. The highest BCUT2D eigenvalue weighted by Gasteiger charge is 2.18. The Morgan fingerprint density at radius 2 is 1.80 bits per heavy atom. The normalized spacial score (nSPS) is 11.9. The average Bonchev–Trinajstić information content (AvgIpc) is 2.61. The van der Waals surface area contributed by atoms with Crippen LogP contribution in [0.2, 0.25) is 0 Å². The number of carbonyl (C=O) groups is 1. The summed E-state index contributed by atoms with van der Waals surface area (Å²) in [6, 6.07) is 18.0. The lowest BCUT2D eigenvalue weighted by molar-refractivity contribution is -0.384. The van der Waals surface area contributed by atoms with Crippen molar-refractivity contribution in [3.63, 3.8) is 0 Å². The zero-order valence-electron chi connectivity index (χ0n) is 14.0. The zero-order chi connectivity index (χ0) is 18.0. The smallest absolute Gasteiger partial charge is 0.270 e. The fourth-order valence-electron chi connectivity index (χ4n) is 2.95. The second-order valence-electron chi connectivity index (χ2n) is 6.02. The molecule has 0 aliphatic carbocycles. The minimum Gasteiger partial charge on any atom is -0.345 e. The molecule has 0 aliphatic rings. The van der Waals surface area contributed by atoms with E-state index in [2.05, 4.69) is 5.32 Å². The summed E-state index contributed by atoms with van der Waals surface area (Å²) in [5, 5.41) is 16.1. The van der Waals surface area contributed by atoms with Gasteiger partial charge in [0.25, 0.3) is 11.6 Å². The third-order valence-corrected chi connectivity index (χ3v) is 4.31. The molecule has 1 atom stereocenters. The fraction of sp³-hybridized carbons (Fsp3) is 0.150. The van der Waals surface area contributed by atoms with Crippen LogP contribution in [0.15, 0.2) is 60.7 Å². The maximum Gasteiger partial charge on any atom is 0.270 e. The standard InChI is InChI=1S/C20H18N2O3/c1-13-10-11-16(22(24)25)12-19(13)20(23)21-14(2)17-9-5-7-15-6-3-4-8-18(15)17/h3-12,14H,1-2H3,(H,21,23)/t14-/m1/s1. The molecule has 0 saturated heterocycles. The lowest BCUT2D eigenvalue weighted by Gasteiger charge is -2.17. The van der Waals surface area contributed by atoms with Crippen LogP contribution in [0.25, 0.3) is 10.8 Å². The molecule has 25 heavy (non-hydrogen) atoms. The van der Waals surface area contributed by atoms with Crippen molar-refractivity contribution < 1.29 is 9.72 Å². The summed E-state index contributed by atoms with van der Waals surface area (Å²) >= 11 is 0. The summed E-state index contributed by atoms with van der Waals surface area (Å²) in [6.45, 7) is 3.67. The number of nitro groups is 1. The van der Waals surface area contributed by atoms with Crippen LogP contribution in [0.4, 0.5) is 5.69 Å². The summed E-state index contributed by atoms with van der Waals surface area (Å²) in [7, 11) is 0. The van der Waals surface area contributed by atoms with Gasteiger partial charge in [-0.1, -0.05) is 48.5 Å². The van der Waals surface area contributed by atoms with E-state index in [1.54, 1.807) is 13.0 Å². The molecular weight excluding hydrogens is 316 g/mol. The lowest BCUT2D eigenvalue weighted by Crippen LogP contribution is -2.27. The number of benzene rings is 3. The highest BCUT2D eigenvalue weighted by Crippen LogP contribution is 2.25. The molecule has 3 rings (SSSR count). The van der Waals surface area contributed by atoms with Gasteiger partial charge in [-0.3, -0.25) is 14.9 Å². The molecule has 5 nitrogen and oxygen atoms in total. The van der Waals surface area contributed by atoms with Crippen molar-refractivity contribution in [1.29, 1.82) is 0 Å². The number of amides is 1. The Balaban J connectivity index is 1.90. The molecule has 1 N–H and O–H groups in total. The predicted molar refractivity (Wildman–Crippen MR) is 97.7 cm³/mol. The highest BCUT2D eigenvalue weighted by atomic mass is 16.6. The van der Waals surface area contributed by atoms with E-state index in [4.69, 9.17) is 0 Å². The molecule has 5 heteroatoms. The first kappa shape index (κ1) is 16.6. The molecule has 0 aliphatic heterocycles. The Labute approximate surface area is 145 Å². The van der Waals surface area contributed by atoms with E-state index in [-0.39, 0.29) is 17.6 Å². The first-order chi connectivity index (χ1) is 12.0. The number of aryl methyl sites for hydroxylation is 1. The predicted octanol–water partition coefficient (Wildman–Crippen LogP) is 4.55. The van der Waals surface area contributed by atoms with Crippen LogP contribution in [-0.4, -0.2) is 10.8 Å². The maximum absolute atomic E-state index is 12.6. The molecule has 0 bridgehead atoms. The number of carbonyl (C=O) groups excluding carboxylic acids is 1. The van der Waals surface area contributed by atoms with Gasteiger partial charge in [-0.15, -0.1) is 0 Å². The highest BCUT2D eigenvalue weighted by molar-refractivity contribution is 5.97. The van der Waals surface area contributed by atoms with Crippen molar-refractivity contribution in [3.05, 3.63) is 87.5 Å². The van der Waals surface area contributed by atoms with E-state index < -0.39 is 4.92 Å². The van der Waals surface area contributed by atoms with Crippen LogP contribution in [0.1, 0.15) is 34.5 Å². The summed E-state index contributed by atoms with van der Waals surface area (Å²) in [5.41, 5.74) is 1.94. The second-order valence-corrected chi connectivity index (χ2v) is 6.02. The number of nitrogens with one attached hydrogen (secondary N) is 1. The van der Waals surface area contributed by atoms with Crippen molar-refractivity contribution in [2.75, 3.05) is 0 Å². The first-order valence-corrected chi connectivity index (χ1v) is 8.01. The zero-order valence-corrected chi connectivity index (χ0v) is 14.0. The van der Waals surface area contributed by atoms with Gasteiger partial charge in [0.1, 0.15) is 0 Å². The van der Waals surface area contributed by atoms with E-state index in [1.165, 1.54) is 12.1 Å². The summed E-state index contributed by atoms with van der Waals surface area (Å²) in [4.78, 5) is 23.1. The molecule has 0 saturated carbocycles. The van der Waals surface area contributed by atoms with Crippen molar-refractivity contribution in [1.82, 2.24) is 5.32 Å². The SMILES string of the molecule is Cc1ccc([N+](=O)[O-])cc1C(=O)N[C@H](C)c1cccc2ccccc12. The van der Waals surface area contributed by atoms with E-state index in [0.717, 1.165) is 16.3 Å². The van der Waals surface area contributed by atoms with E-state index in [1.807, 2.05) is 49.4 Å². The van der Waals surface area contributed by atoms with Crippen molar-refractivity contribution in [2.24, 2.45) is 0 Å². The number of nitrogens with zero attached hydrogens (tertiary/aromatic N) is 1. The van der Waals surface area contributed by atoms with Crippen molar-refractivity contribution >= 4 is 22.4 Å². The van der Waals surface area contributed by atoms with Crippen LogP contribution in [0.5, 0.6) is 0 Å². The number of rotatable bonds is 4. The molecule has 1 amide bonds. The average molecular weight is 334 g/mol. The Morgan fingerprint density at radius 3 is 2.56 bits per heavy atom. The summed E-state index contributed by atoms with van der Waals surface area (Å²) < 4.78 is 0. The molecule has 3 aromatic carbocycles. The van der Waals surface area contributed by atoms with Crippen molar-refractivity contribution in [2.45, 2.75) is 19.9 Å². The van der Waals surface area contributed by atoms with E-state index in [9.17, 15) is 14.9 Å². The number of nitro benzene ring substituents is 1. The Morgan fingerprint density at radius 1 is 1.08 bits per heavy atom. The molecule has 3 aromatic rings. The Kier molecular flexibility index (Phi) is 4.48. The molecule has 126 valence electrons. The topological polar surface area (TPSA) is 72.2 Å². The summed E-state index contributed by atoms with van der Waals surface area (Å²) in [5.74, 6) is -0.318.